The van der Waals surface area contributed by atoms with Gasteiger partial charge in [0.25, 0.3) is 5.69 Å². The molecule has 0 saturated carbocycles. The minimum Gasteiger partial charge on any atom is -0.359 e. The summed E-state index contributed by atoms with van der Waals surface area (Å²) in [6.45, 7) is 2.04. The van der Waals surface area contributed by atoms with Crippen molar-refractivity contribution in [2.75, 3.05) is 18.4 Å². The van der Waals surface area contributed by atoms with Crippen LogP contribution in [0, 0.1) is 10.1 Å². The van der Waals surface area contributed by atoms with Crippen LogP contribution in [0.3, 0.4) is 0 Å². The Hall–Kier alpha value is -1.44. The Kier molecular flexibility index (Phi) is 4.74. The van der Waals surface area contributed by atoms with Gasteiger partial charge in [-0.1, -0.05) is 11.3 Å². The lowest BCUT2D eigenvalue weighted by Gasteiger charge is -2.23. The third kappa shape index (κ3) is 3.17. The number of non-ortho nitro benzene ring substituents is 1. The molecule has 20 heavy (non-hydrogen) atoms. The molecule has 1 aliphatic heterocycles. The Bertz CT molecular complexity index is 613. The highest BCUT2D eigenvalue weighted by Gasteiger charge is 2.15. The van der Waals surface area contributed by atoms with Gasteiger partial charge in [0.05, 0.1) is 15.1 Å². The highest BCUT2D eigenvalue weighted by Crippen LogP contribution is 2.29. The number of nitro benzene ring substituents is 1. The molecule has 3 rings (SSSR count). The Balaban J connectivity index is 0.00000147. The topological polar surface area (TPSA) is 80.1 Å². The van der Waals surface area contributed by atoms with Gasteiger partial charge in [-0.25, -0.2) is 4.98 Å². The molecule has 0 unspecified atom stereocenters. The number of halogens is 1. The van der Waals surface area contributed by atoms with Crippen molar-refractivity contribution in [3.63, 3.8) is 0 Å². The van der Waals surface area contributed by atoms with Crippen molar-refractivity contribution in [3.8, 4) is 0 Å². The van der Waals surface area contributed by atoms with E-state index in [0.717, 1.165) is 35.8 Å². The van der Waals surface area contributed by atoms with Crippen molar-refractivity contribution < 1.29 is 4.92 Å². The van der Waals surface area contributed by atoms with Crippen LogP contribution in [0.5, 0.6) is 0 Å². The highest BCUT2D eigenvalue weighted by molar-refractivity contribution is 7.22. The highest BCUT2D eigenvalue weighted by atomic mass is 35.5. The van der Waals surface area contributed by atoms with E-state index in [1.165, 1.54) is 12.1 Å². The minimum absolute atomic E-state index is 0. The molecule has 1 fully saturated rings. The van der Waals surface area contributed by atoms with Crippen LogP contribution in [0.2, 0.25) is 0 Å². The lowest BCUT2D eigenvalue weighted by molar-refractivity contribution is -0.384. The number of rotatable bonds is 3. The van der Waals surface area contributed by atoms with Crippen LogP contribution in [0.1, 0.15) is 12.8 Å². The minimum atomic E-state index is -0.390. The van der Waals surface area contributed by atoms with E-state index in [9.17, 15) is 10.1 Å². The first kappa shape index (κ1) is 15.0. The quantitative estimate of drug-likeness (QED) is 0.672. The Labute approximate surface area is 126 Å². The van der Waals surface area contributed by atoms with Crippen molar-refractivity contribution in [2.45, 2.75) is 18.9 Å². The summed E-state index contributed by atoms with van der Waals surface area (Å²) in [6, 6.07) is 5.25. The standard InChI is InChI=1S/C12H14N4O2S.ClH/c17-16(18)9-1-2-11-10(7-9)15-12(19-11)14-8-3-5-13-6-4-8;/h1-2,7-8,13H,3-6H2,(H,14,15);1H. The van der Waals surface area contributed by atoms with E-state index in [4.69, 9.17) is 0 Å². The van der Waals surface area contributed by atoms with Crippen molar-refractivity contribution in [1.29, 1.82) is 0 Å². The lowest BCUT2D eigenvalue weighted by atomic mass is 10.1. The number of hydrogen-bond acceptors (Lipinski definition) is 6. The van der Waals surface area contributed by atoms with E-state index in [0.29, 0.717) is 11.6 Å². The van der Waals surface area contributed by atoms with Crippen LogP contribution in [0.15, 0.2) is 18.2 Å². The first-order valence-corrected chi connectivity index (χ1v) is 7.06. The molecule has 2 heterocycles. The normalized spacial score (nSPS) is 15.8. The van der Waals surface area contributed by atoms with E-state index in [2.05, 4.69) is 15.6 Å². The first-order chi connectivity index (χ1) is 9.22. The summed E-state index contributed by atoms with van der Waals surface area (Å²) in [4.78, 5) is 14.8. The average Bonchev–Trinajstić information content (AvgIpc) is 2.80. The molecule has 2 aromatic rings. The Morgan fingerprint density at radius 1 is 1.40 bits per heavy atom. The third-order valence-corrected chi connectivity index (χ3v) is 4.22. The lowest BCUT2D eigenvalue weighted by Crippen LogP contribution is -2.35. The zero-order valence-electron chi connectivity index (χ0n) is 10.7. The van der Waals surface area contributed by atoms with Gasteiger partial charge in [-0.05, 0) is 32.0 Å². The van der Waals surface area contributed by atoms with E-state index in [1.54, 1.807) is 17.4 Å². The Morgan fingerprint density at radius 3 is 2.85 bits per heavy atom. The molecule has 0 amide bonds. The van der Waals surface area contributed by atoms with E-state index in [1.807, 2.05) is 0 Å². The van der Waals surface area contributed by atoms with Crippen molar-refractivity contribution >= 4 is 44.8 Å². The summed E-state index contributed by atoms with van der Waals surface area (Å²) in [7, 11) is 0. The SMILES string of the molecule is Cl.O=[N+]([O-])c1ccc2sc(NC3CCNCC3)nc2c1. The molecule has 1 aromatic heterocycles. The van der Waals surface area contributed by atoms with Crippen LogP contribution in [0.4, 0.5) is 10.8 Å². The molecular formula is C12H15ClN4O2S. The first-order valence-electron chi connectivity index (χ1n) is 6.24. The number of hydrogen-bond donors (Lipinski definition) is 2. The molecule has 2 N–H and O–H groups in total. The van der Waals surface area contributed by atoms with Crippen molar-refractivity contribution in [3.05, 3.63) is 28.3 Å². The smallest absolute Gasteiger partial charge is 0.271 e. The van der Waals surface area contributed by atoms with E-state index in [-0.39, 0.29) is 18.1 Å². The van der Waals surface area contributed by atoms with Crippen LogP contribution in [0.25, 0.3) is 10.2 Å². The molecule has 0 aliphatic carbocycles. The molecule has 6 nitrogen and oxygen atoms in total. The van der Waals surface area contributed by atoms with Gasteiger partial charge in [-0.2, -0.15) is 0 Å². The summed E-state index contributed by atoms with van der Waals surface area (Å²) in [5.41, 5.74) is 0.779. The van der Waals surface area contributed by atoms with Gasteiger partial charge in [0.1, 0.15) is 0 Å². The number of piperidine rings is 1. The second-order valence-corrected chi connectivity index (χ2v) is 5.63. The molecule has 1 aliphatic rings. The molecule has 0 bridgehead atoms. The second kappa shape index (κ2) is 6.34. The van der Waals surface area contributed by atoms with E-state index >= 15 is 0 Å². The summed E-state index contributed by atoms with van der Waals surface area (Å²) >= 11 is 1.55. The molecule has 0 radical (unpaired) electrons. The zero-order chi connectivity index (χ0) is 13.2. The number of thiazole rings is 1. The monoisotopic (exact) mass is 314 g/mol. The molecule has 108 valence electrons. The van der Waals surface area contributed by atoms with Gasteiger partial charge in [-0.15, -0.1) is 12.4 Å². The summed E-state index contributed by atoms with van der Waals surface area (Å²) < 4.78 is 0.974. The number of benzene rings is 1. The predicted octanol–water partition coefficient (Wildman–Crippen LogP) is 2.79. The van der Waals surface area contributed by atoms with Gasteiger partial charge in [0.2, 0.25) is 0 Å². The Morgan fingerprint density at radius 2 is 2.15 bits per heavy atom. The molecule has 0 atom stereocenters. The summed E-state index contributed by atoms with van der Waals surface area (Å²) in [6.07, 6.45) is 2.16. The van der Waals surface area contributed by atoms with Crippen molar-refractivity contribution in [1.82, 2.24) is 10.3 Å². The summed E-state index contributed by atoms with van der Waals surface area (Å²) in [5.74, 6) is 0. The molecule has 1 saturated heterocycles. The number of nitrogens with one attached hydrogen (secondary N) is 2. The summed E-state index contributed by atoms with van der Waals surface area (Å²) in [5, 5.41) is 18.3. The number of anilines is 1. The fourth-order valence-electron chi connectivity index (χ4n) is 2.23. The van der Waals surface area contributed by atoms with Gasteiger partial charge >= 0.3 is 0 Å². The predicted molar refractivity (Wildman–Crippen MR) is 83.0 cm³/mol. The van der Waals surface area contributed by atoms with Gasteiger partial charge < -0.3 is 10.6 Å². The maximum atomic E-state index is 10.7. The van der Waals surface area contributed by atoms with Crippen LogP contribution >= 0.6 is 23.7 Å². The van der Waals surface area contributed by atoms with Gasteiger partial charge in [-0.3, -0.25) is 10.1 Å². The number of nitrogens with zero attached hydrogens (tertiary/aromatic N) is 2. The molecule has 0 spiro atoms. The molecular weight excluding hydrogens is 300 g/mol. The van der Waals surface area contributed by atoms with Crippen LogP contribution < -0.4 is 10.6 Å². The molecule has 8 heteroatoms. The maximum absolute atomic E-state index is 10.7. The fraction of sp³-hybridized carbons (Fsp3) is 0.417. The van der Waals surface area contributed by atoms with Gasteiger partial charge in [0.15, 0.2) is 5.13 Å². The molecule has 1 aromatic carbocycles. The number of aromatic nitrogens is 1. The third-order valence-electron chi connectivity index (χ3n) is 3.25. The maximum Gasteiger partial charge on any atom is 0.271 e. The fourth-order valence-corrected chi connectivity index (χ4v) is 3.16. The zero-order valence-corrected chi connectivity index (χ0v) is 12.3. The van der Waals surface area contributed by atoms with Gasteiger partial charge in [0, 0.05) is 18.2 Å². The second-order valence-electron chi connectivity index (χ2n) is 4.60. The largest absolute Gasteiger partial charge is 0.359 e. The van der Waals surface area contributed by atoms with Crippen LogP contribution in [-0.2, 0) is 0 Å². The van der Waals surface area contributed by atoms with Crippen molar-refractivity contribution in [2.24, 2.45) is 0 Å². The number of nitro groups is 1. The van der Waals surface area contributed by atoms with E-state index < -0.39 is 4.92 Å². The van der Waals surface area contributed by atoms with Crippen LogP contribution in [-0.4, -0.2) is 29.0 Å². The number of fused-ring (bicyclic) bond motifs is 1. The average molecular weight is 315 g/mol.